The summed E-state index contributed by atoms with van der Waals surface area (Å²) in [6.45, 7) is 29.4. The summed E-state index contributed by atoms with van der Waals surface area (Å²) in [6.07, 6.45) is -0.744. The zero-order chi connectivity index (χ0) is 81.4. The molecule has 654 valence electrons. The molecule has 0 bridgehead atoms. The normalized spacial score (nSPS) is 12.2. The van der Waals surface area contributed by atoms with Gasteiger partial charge in [0.1, 0.15) is 67.2 Å². The first-order valence-corrected chi connectivity index (χ1v) is 41.1. The molecule has 0 aliphatic carbocycles. The monoisotopic (exact) mass is 1850 g/mol. The first-order chi connectivity index (χ1) is 56.2. The lowest BCUT2D eigenvalue weighted by Crippen LogP contribution is -2.21. The molecular weight excluding hydrogens is 1720 g/mol. The molecular formula is C79H129I2N3O30. The number of rotatable bonds is 84. The van der Waals surface area contributed by atoms with Crippen molar-refractivity contribution in [3.8, 4) is 40.9 Å². The number of aromatic nitrogens is 3. The maximum Gasteiger partial charge on any atom is 0.125 e. The zero-order valence-corrected chi connectivity index (χ0v) is 72.4. The Kier molecular flexibility index (Phi) is 73.7. The molecule has 0 radical (unpaired) electrons. The summed E-state index contributed by atoms with van der Waals surface area (Å²) < 4.78 is 169. The smallest absolute Gasteiger partial charge is 0.125 e. The van der Waals surface area contributed by atoms with Gasteiger partial charge in [-0.15, -0.1) is 0 Å². The summed E-state index contributed by atoms with van der Waals surface area (Å²) in [7, 11) is 4.92. The van der Waals surface area contributed by atoms with E-state index in [2.05, 4.69) is 78.8 Å². The highest BCUT2D eigenvalue weighted by Gasteiger charge is 2.12. The fourth-order valence-corrected chi connectivity index (χ4v) is 9.75. The standard InChI is InChI=1S/C79H129I2N3O30/c1-68(109-56-53-106-50-47-103-44-41-100-38-35-97-32-29-94-26-23-91-20-17-88-14-11-85-4)65-112-75-59-71(7-9-73-61-76(63-78(80)83-73)113-66-69(2)110-57-54-107-51-48-104-45-42-101-39-36-98-33-30-95-27-24-92-21-18-89-15-12-86-5)82-72(60-75)8-10-74-62-77(64-79(81)84-74)114-67-70(3)111-58-55-108-52-49-105-46-43-102-40-37-99-34-31-96-28-25-93-22-19-90-16-13-87-6/h59-64,68-70H,11-58,65-67H2,1-6H3/t68-,69-,70-/m1/s1. The lowest BCUT2D eigenvalue weighted by atomic mass is 10.2. The Morgan fingerprint density at radius 1 is 0.219 bits per heavy atom. The SMILES string of the molecule is COCCOCCOCCOCCOCCOCCOCCOCCO[C@H](C)COc1cc(I)nc(C#Cc2cc(OC[C@@H](C)OCCOCCOCCOCCOCCOCCOCCOCCOC)cc(C#Cc3cc(OC[C@@H](C)OCCOCCOCCOCCOCCOCCOCCOCCOC)cc(I)n3)n2)c1. The minimum absolute atomic E-state index is 0.222. The Hall–Kier alpha value is -3.65. The number of hydrogen-bond acceptors (Lipinski definition) is 33. The molecule has 0 amide bonds. The van der Waals surface area contributed by atoms with Gasteiger partial charge in [-0.3, -0.25) is 0 Å². The van der Waals surface area contributed by atoms with Crippen LogP contribution in [0.2, 0.25) is 0 Å². The van der Waals surface area contributed by atoms with Gasteiger partial charge >= 0.3 is 0 Å². The zero-order valence-electron chi connectivity index (χ0n) is 68.1. The first-order valence-electron chi connectivity index (χ1n) is 38.9. The van der Waals surface area contributed by atoms with Gasteiger partial charge in [0.25, 0.3) is 0 Å². The quantitative estimate of drug-likeness (QED) is 0.0291. The average molecular weight is 1850 g/mol. The van der Waals surface area contributed by atoms with E-state index >= 15 is 0 Å². The van der Waals surface area contributed by atoms with Crippen LogP contribution in [0.25, 0.3) is 0 Å². The van der Waals surface area contributed by atoms with Gasteiger partial charge in [-0.25, -0.2) is 15.0 Å². The van der Waals surface area contributed by atoms with Crippen molar-refractivity contribution in [3.05, 3.63) is 66.6 Å². The van der Waals surface area contributed by atoms with Gasteiger partial charge in [-0.05, 0) is 89.6 Å². The van der Waals surface area contributed by atoms with Crippen LogP contribution in [0.15, 0.2) is 36.4 Å². The Labute approximate surface area is 702 Å². The maximum atomic E-state index is 6.29. The van der Waals surface area contributed by atoms with E-state index in [-0.39, 0.29) is 38.1 Å². The second-order valence-corrected chi connectivity index (χ2v) is 26.1. The number of pyridine rings is 3. The number of halogens is 2. The van der Waals surface area contributed by atoms with Crippen LogP contribution < -0.4 is 14.2 Å². The van der Waals surface area contributed by atoms with Crippen LogP contribution in [0.4, 0.5) is 0 Å². The molecule has 0 spiro atoms. The molecule has 0 fully saturated rings. The van der Waals surface area contributed by atoms with E-state index < -0.39 is 0 Å². The molecule has 3 rings (SSSR count). The molecule has 0 aromatic carbocycles. The highest BCUT2D eigenvalue weighted by Crippen LogP contribution is 2.20. The van der Waals surface area contributed by atoms with Gasteiger partial charge in [0.05, 0.1) is 335 Å². The molecule has 35 heteroatoms. The van der Waals surface area contributed by atoms with Crippen molar-refractivity contribution < 1.29 is 142 Å². The molecule has 0 saturated heterocycles. The van der Waals surface area contributed by atoms with Crippen LogP contribution in [0, 0.1) is 31.1 Å². The van der Waals surface area contributed by atoms with Crippen molar-refractivity contribution in [3.63, 3.8) is 0 Å². The van der Waals surface area contributed by atoms with Crippen LogP contribution in [-0.4, -0.2) is 392 Å². The third-order valence-electron chi connectivity index (χ3n) is 14.3. The predicted octanol–water partition coefficient (Wildman–Crippen LogP) is 5.52. The number of hydrogen-bond donors (Lipinski definition) is 0. The van der Waals surface area contributed by atoms with Crippen LogP contribution >= 0.6 is 45.2 Å². The summed E-state index contributed by atoms with van der Waals surface area (Å²) >= 11 is 4.28. The van der Waals surface area contributed by atoms with Crippen LogP contribution in [0.1, 0.15) is 43.5 Å². The van der Waals surface area contributed by atoms with Gasteiger partial charge in [-0.2, -0.15) is 0 Å². The summed E-state index contributed by atoms with van der Waals surface area (Å²) in [4.78, 5) is 14.1. The van der Waals surface area contributed by atoms with E-state index in [0.717, 1.165) is 0 Å². The Bertz CT molecular complexity index is 2630. The lowest BCUT2D eigenvalue weighted by Gasteiger charge is -2.15. The van der Waals surface area contributed by atoms with Gasteiger partial charge in [0.2, 0.25) is 0 Å². The van der Waals surface area contributed by atoms with Crippen molar-refractivity contribution in [2.24, 2.45) is 0 Å². The maximum absolute atomic E-state index is 6.29. The number of ether oxygens (including phenoxy) is 30. The highest BCUT2D eigenvalue weighted by molar-refractivity contribution is 14.1. The Balaban J connectivity index is 1.40. The van der Waals surface area contributed by atoms with E-state index in [9.17, 15) is 0 Å². The second-order valence-electron chi connectivity index (χ2n) is 23.9. The summed E-state index contributed by atoms with van der Waals surface area (Å²) in [6, 6.07) is 10.7. The Morgan fingerprint density at radius 2 is 0.368 bits per heavy atom. The molecule has 0 aliphatic heterocycles. The molecule has 3 atom stereocenters. The van der Waals surface area contributed by atoms with Crippen LogP contribution in [0.5, 0.6) is 17.2 Å². The van der Waals surface area contributed by atoms with Gasteiger partial charge in [0, 0.05) is 57.7 Å². The van der Waals surface area contributed by atoms with Crippen molar-refractivity contribution >= 4 is 45.2 Å². The highest BCUT2D eigenvalue weighted by atomic mass is 127. The van der Waals surface area contributed by atoms with Gasteiger partial charge in [0.15, 0.2) is 0 Å². The second kappa shape index (κ2) is 80.4. The largest absolute Gasteiger partial charge is 0.491 e. The third-order valence-corrected chi connectivity index (χ3v) is 15.4. The lowest BCUT2D eigenvalue weighted by molar-refractivity contribution is -0.0309. The van der Waals surface area contributed by atoms with Gasteiger partial charge < -0.3 is 142 Å². The molecule has 114 heavy (non-hydrogen) atoms. The summed E-state index contributed by atoms with van der Waals surface area (Å²) in [5.41, 5.74) is 1.74. The van der Waals surface area contributed by atoms with E-state index in [0.29, 0.717) is 365 Å². The van der Waals surface area contributed by atoms with E-state index in [1.165, 1.54) is 0 Å². The molecule has 0 unspecified atom stereocenters. The molecule has 33 nitrogen and oxygen atoms in total. The number of nitrogens with zero attached hydrogens (tertiary/aromatic N) is 3. The van der Waals surface area contributed by atoms with Gasteiger partial charge in [-0.1, -0.05) is 0 Å². The fourth-order valence-electron chi connectivity index (χ4n) is 8.62. The van der Waals surface area contributed by atoms with E-state index in [1.54, 1.807) is 45.6 Å². The van der Waals surface area contributed by atoms with Crippen molar-refractivity contribution in [1.82, 2.24) is 15.0 Å². The summed E-state index contributed by atoms with van der Waals surface area (Å²) in [5, 5.41) is 0. The predicted molar refractivity (Wildman–Crippen MR) is 436 cm³/mol. The molecule has 0 N–H and O–H groups in total. The molecule has 3 aromatic rings. The first kappa shape index (κ1) is 105. The van der Waals surface area contributed by atoms with Crippen molar-refractivity contribution in [1.29, 1.82) is 0 Å². The summed E-state index contributed by atoms with van der Waals surface area (Å²) in [5.74, 6) is 14.3. The minimum Gasteiger partial charge on any atom is -0.491 e. The average Bonchev–Trinajstić information content (AvgIpc) is 0.851. The molecule has 0 saturated carbocycles. The molecule has 3 aromatic heterocycles. The minimum atomic E-state index is -0.290. The van der Waals surface area contributed by atoms with Crippen molar-refractivity contribution in [2.45, 2.75) is 39.1 Å². The molecule has 3 heterocycles. The topological polar surface area (TPSA) is 316 Å². The Morgan fingerprint density at radius 3 is 0.544 bits per heavy atom. The fraction of sp³-hybridized carbons (Fsp3) is 0.759. The number of methoxy groups -OCH3 is 3. The molecule has 0 aliphatic rings. The third kappa shape index (κ3) is 68.2. The van der Waals surface area contributed by atoms with Crippen LogP contribution in [0.3, 0.4) is 0 Å². The van der Waals surface area contributed by atoms with Crippen LogP contribution in [-0.2, 0) is 128 Å². The van der Waals surface area contributed by atoms with Crippen molar-refractivity contribution in [2.75, 3.05) is 358 Å². The van der Waals surface area contributed by atoms with E-state index in [4.69, 9.17) is 147 Å². The van der Waals surface area contributed by atoms with E-state index in [1.807, 2.05) is 32.9 Å².